The molecule has 2 fully saturated rings. The highest BCUT2D eigenvalue weighted by molar-refractivity contribution is 5.81. The van der Waals surface area contributed by atoms with Gasteiger partial charge in [-0.25, -0.2) is 0 Å². The van der Waals surface area contributed by atoms with E-state index in [1.807, 2.05) is 4.90 Å². The fourth-order valence-corrected chi connectivity index (χ4v) is 2.20. The van der Waals surface area contributed by atoms with Crippen molar-refractivity contribution in [1.82, 2.24) is 15.5 Å². The van der Waals surface area contributed by atoms with Gasteiger partial charge in [0.2, 0.25) is 11.8 Å². The minimum absolute atomic E-state index is 0.152. The summed E-state index contributed by atoms with van der Waals surface area (Å²) in [5.74, 6) is 0.642. The van der Waals surface area contributed by atoms with E-state index in [1.54, 1.807) is 7.05 Å². The van der Waals surface area contributed by atoms with Gasteiger partial charge < -0.3 is 15.5 Å². The van der Waals surface area contributed by atoms with Crippen molar-refractivity contribution in [2.75, 3.05) is 26.7 Å². The molecule has 2 aliphatic rings. The van der Waals surface area contributed by atoms with Gasteiger partial charge in [-0.05, 0) is 32.7 Å². The predicted molar refractivity (Wildman–Crippen MR) is 64.4 cm³/mol. The molecule has 5 heteroatoms. The minimum atomic E-state index is 0.152. The van der Waals surface area contributed by atoms with Crippen LogP contribution < -0.4 is 10.6 Å². The van der Waals surface area contributed by atoms with E-state index in [0.717, 1.165) is 38.8 Å². The summed E-state index contributed by atoms with van der Waals surface area (Å²) in [5, 5.41) is 5.95. The lowest BCUT2D eigenvalue weighted by molar-refractivity contribution is -0.131. The van der Waals surface area contributed by atoms with Gasteiger partial charge >= 0.3 is 0 Å². The van der Waals surface area contributed by atoms with E-state index < -0.39 is 0 Å². The van der Waals surface area contributed by atoms with Gasteiger partial charge in [0.15, 0.2) is 0 Å². The number of rotatable bonds is 4. The Balaban J connectivity index is 1.70. The lowest BCUT2D eigenvalue weighted by Gasteiger charge is -2.32. The molecule has 1 aliphatic heterocycles. The first-order chi connectivity index (χ1) is 8.20. The first-order valence-electron chi connectivity index (χ1n) is 6.43. The molecule has 0 unspecified atom stereocenters. The van der Waals surface area contributed by atoms with Crippen LogP contribution in [0.5, 0.6) is 0 Å². The summed E-state index contributed by atoms with van der Waals surface area (Å²) < 4.78 is 0. The van der Waals surface area contributed by atoms with Gasteiger partial charge in [0.25, 0.3) is 0 Å². The van der Waals surface area contributed by atoms with E-state index in [9.17, 15) is 9.59 Å². The molecule has 17 heavy (non-hydrogen) atoms. The Morgan fingerprint density at radius 2 is 1.82 bits per heavy atom. The Labute approximate surface area is 102 Å². The molecular formula is C12H21N3O2. The Hall–Kier alpha value is -1.10. The van der Waals surface area contributed by atoms with Gasteiger partial charge in [-0.3, -0.25) is 9.59 Å². The summed E-state index contributed by atoms with van der Waals surface area (Å²) in [5.41, 5.74) is 0. The lowest BCUT2D eigenvalue weighted by Crippen LogP contribution is -2.48. The number of hydrogen-bond acceptors (Lipinski definition) is 3. The Bertz CT molecular complexity index is 294. The molecule has 5 nitrogen and oxygen atoms in total. The summed E-state index contributed by atoms with van der Waals surface area (Å²) in [4.78, 5) is 25.1. The van der Waals surface area contributed by atoms with Crippen LogP contribution in [0.4, 0.5) is 0 Å². The van der Waals surface area contributed by atoms with Gasteiger partial charge in [-0.1, -0.05) is 0 Å². The van der Waals surface area contributed by atoms with Crippen LogP contribution in [-0.4, -0.2) is 49.4 Å². The Morgan fingerprint density at radius 3 is 2.35 bits per heavy atom. The maximum atomic E-state index is 11.6. The zero-order valence-corrected chi connectivity index (χ0v) is 10.4. The second kappa shape index (κ2) is 5.49. The van der Waals surface area contributed by atoms with Gasteiger partial charge in [-0.15, -0.1) is 0 Å². The Kier molecular flexibility index (Phi) is 3.99. The molecule has 1 saturated carbocycles. The number of nitrogens with one attached hydrogen (secondary N) is 2. The summed E-state index contributed by atoms with van der Waals surface area (Å²) in [6, 6.07) is 0.265. The average Bonchev–Trinajstić information content (AvgIpc) is 3.14. The highest BCUT2D eigenvalue weighted by Crippen LogP contribution is 2.29. The summed E-state index contributed by atoms with van der Waals surface area (Å²) in [7, 11) is 1.78. The summed E-state index contributed by atoms with van der Waals surface area (Å²) >= 11 is 0. The van der Waals surface area contributed by atoms with E-state index in [0.29, 0.717) is 6.54 Å². The van der Waals surface area contributed by atoms with E-state index in [2.05, 4.69) is 10.6 Å². The number of carbonyl (C=O) groups is 2. The zero-order chi connectivity index (χ0) is 12.3. The zero-order valence-electron chi connectivity index (χ0n) is 10.4. The molecule has 1 saturated heterocycles. The van der Waals surface area contributed by atoms with Crippen LogP contribution in [0.3, 0.4) is 0 Å². The van der Waals surface area contributed by atoms with E-state index in [-0.39, 0.29) is 23.8 Å². The van der Waals surface area contributed by atoms with Gasteiger partial charge in [0.1, 0.15) is 0 Å². The molecule has 1 aliphatic carbocycles. The molecule has 2 N–H and O–H groups in total. The summed E-state index contributed by atoms with van der Waals surface area (Å²) in [6.45, 7) is 1.92. The fourth-order valence-electron chi connectivity index (χ4n) is 2.20. The number of amides is 2. The van der Waals surface area contributed by atoms with Crippen LogP contribution in [0, 0.1) is 5.92 Å². The fraction of sp³-hybridized carbons (Fsp3) is 0.833. The van der Waals surface area contributed by atoms with Crippen LogP contribution in [0.25, 0.3) is 0 Å². The first kappa shape index (κ1) is 12.4. The summed E-state index contributed by atoms with van der Waals surface area (Å²) in [6.07, 6.45) is 3.86. The molecule has 0 aromatic heterocycles. The number of piperidine rings is 1. The van der Waals surface area contributed by atoms with Crippen molar-refractivity contribution < 1.29 is 9.59 Å². The van der Waals surface area contributed by atoms with Crippen LogP contribution in [0.1, 0.15) is 25.7 Å². The lowest BCUT2D eigenvalue weighted by atomic mass is 10.0. The van der Waals surface area contributed by atoms with Crippen molar-refractivity contribution in [3.8, 4) is 0 Å². The standard InChI is InChI=1S/C12H21N3O2/c1-13-8-11(16)15-6-4-10(5-7-15)14-12(17)9-2-3-9/h9-10,13H,2-8H2,1H3,(H,14,17). The second-order valence-corrected chi connectivity index (χ2v) is 4.97. The van der Waals surface area contributed by atoms with E-state index in [4.69, 9.17) is 0 Å². The van der Waals surface area contributed by atoms with Crippen molar-refractivity contribution in [2.24, 2.45) is 5.92 Å². The number of hydrogen-bond donors (Lipinski definition) is 2. The van der Waals surface area contributed by atoms with E-state index in [1.165, 1.54) is 0 Å². The monoisotopic (exact) mass is 239 g/mol. The predicted octanol–water partition coefficient (Wildman–Crippen LogP) is -0.277. The maximum absolute atomic E-state index is 11.6. The van der Waals surface area contributed by atoms with Crippen molar-refractivity contribution in [2.45, 2.75) is 31.7 Å². The van der Waals surface area contributed by atoms with Crippen molar-refractivity contribution in [3.63, 3.8) is 0 Å². The highest BCUT2D eigenvalue weighted by Gasteiger charge is 2.32. The molecule has 96 valence electrons. The van der Waals surface area contributed by atoms with E-state index >= 15 is 0 Å². The van der Waals surface area contributed by atoms with Crippen LogP contribution in [0.2, 0.25) is 0 Å². The molecule has 0 aromatic carbocycles. The third kappa shape index (κ3) is 3.43. The quantitative estimate of drug-likeness (QED) is 0.709. The maximum Gasteiger partial charge on any atom is 0.236 e. The molecule has 0 bridgehead atoms. The van der Waals surface area contributed by atoms with Crippen LogP contribution >= 0.6 is 0 Å². The second-order valence-electron chi connectivity index (χ2n) is 4.97. The highest BCUT2D eigenvalue weighted by atomic mass is 16.2. The molecule has 0 atom stereocenters. The molecule has 2 rings (SSSR count). The SMILES string of the molecule is CNCC(=O)N1CCC(NC(=O)C2CC2)CC1. The first-order valence-corrected chi connectivity index (χ1v) is 6.43. The van der Waals surface area contributed by atoms with Crippen molar-refractivity contribution in [3.05, 3.63) is 0 Å². The number of likely N-dealkylation sites (tertiary alicyclic amines) is 1. The molecule has 2 amide bonds. The molecule has 1 heterocycles. The Morgan fingerprint density at radius 1 is 1.18 bits per heavy atom. The smallest absolute Gasteiger partial charge is 0.236 e. The number of nitrogens with zero attached hydrogens (tertiary/aromatic N) is 1. The van der Waals surface area contributed by atoms with Crippen molar-refractivity contribution in [1.29, 1.82) is 0 Å². The number of likely N-dealkylation sites (N-methyl/N-ethyl adjacent to an activating group) is 1. The average molecular weight is 239 g/mol. The third-order valence-electron chi connectivity index (χ3n) is 3.47. The molecule has 0 radical (unpaired) electrons. The van der Waals surface area contributed by atoms with Gasteiger partial charge in [-0.2, -0.15) is 0 Å². The molecule has 0 spiro atoms. The topological polar surface area (TPSA) is 61.4 Å². The minimum Gasteiger partial charge on any atom is -0.353 e. The number of carbonyl (C=O) groups excluding carboxylic acids is 2. The van der Waals surface area contributed by atoms with Gasteiger partial charge in [0.05, 0.1) is 6.54 Å². The molecule has 0 aromatic rings. The largest absolute Gasteiger partial charge is 0.353 e. The van der Waals surface area contributed by atoms with Crippen molar-refractivity contribution >= 4 is 11.8 Å². The van der Waals surface area contributed by atoms with Gasteiger partial charge in [0, 0.05) is 25.0 Å². The van der Waals surface area contributed by atoms with Crippen LogP contribution in [0.15, 0.2) is 0 Å². The normalized spacial score (nSPS) is 21.4. The van der Waals surface area contributed by atoms with Crippen LogP contribution in [-0.2, 0) is 9.59 Å². The third-order valence-corrected chi connectivity index (χ3v) is 3.47. The molecular weight excluding hydrogens is 218 g/mol.